The van der Waals surface area contributed by atoms with Gasteiger partial charge in [-0.25, -0.2) is 9.59 Å². The molecule has 0 aliphatic carbocycles. The van der Waals surface area contributed by atoms with Crippen molar-refractivity contribution >= 4 is 29.8 Å². The maximum absolute atomic E-state index is 14.2. The molecule has 256 valence electrons. The molecule has 1 spiro atoms. The summed E-state index contributed by atoms with van der Waals surface area (Å²) >= 11 is 1.34. The second-order valence-corrected chi connectivity index (χ2v) is 12.8. The van der Waals surface area contributed by atoms with Crippen molar-refractivity contribution in [3.63, 3.8) is 0 Å². The van der Waals surface area contributed by atoms with Gasteiger partial charge in [-0.3, -0.25) is 9.69 Å². The lowest BCUT2D eigenvalue weighted by molar-refractivity contribution is -0.138. The smallest absolute Gasteiger partial charge is 0.420 e. The van der Waals surface area contributed by atoms with Crippen molar-refractivity contribution in [3.05, 3.63) is 53.9 Å². The van der Waals surface area contributed by atoms with Crippen LogP contribution in [0.4, 0.5) is 22.8 Å². The lowest BCUT2D eigenvalue weighted by Gasteiger charge is -2.41. The van der Waals surface area contributed by atoms with Gasteiger partial charge in [-0.05, 0) is 74.6 Å². The zero-order valence-electron chi connectivity index (χ0n) is 26.1. The van der Waals surface area contributed by atoms with Crippen LogP contribution >= 0.6 is 11.8 Å². The van der Waals surface area contributed by atoms with Crippen molar-refractivity contribution in [1.82, 2.24) is 24.8 Å². The highest BCUT2D eigenvalue weighted by Gasteiger charge is 2.58. The van der Waals surface area contributed by atoms with Crippen LogP contribution in [-0.4, -0.2) is 92.6 Å². The minimum atomic E-state index is -4.76. The van der Waals surface area contributed by atoms with Crippen LogP contribution in [0.2, 0.25) is 0 Å². The van der Waals surface area contributed by atoms with Gasteiger partial charge in [0.25, 0.3) is 5.91 Å². The van der Waals surface area contributed by atoms with Gasteiger partial charge in [0.15, 0.2) is 0 Å². The molecule has 3 aliphatic rings. The predicted molar refractivity (Wildman–Crippen MR) is 165 cm³/mol. The molecule has 4 amide bonds. The maximum Gasteiger partial charge on any atom is 0.420 e. The van der Waals surface area contributed by atoms with Crippen LogP contribution in [0.3, 0.4) is 0 Å². The average Bonchev–Trinajstić information content (AvgIpc) is 3.62. The number of likely N-dealkylation sites (tertiary alicyclic amines) is 1. The number of hydrogen-bond acceptors (Lipinski definition) is 9. The van der Waals surface area contributed by atoms with E-state index in [9.17, 15) is 32.7 Å². The van der Waals surface area contributed by atoms with Crippen molar-refractivity contribution in [3.8, 4) is 22.9 Å². The van der Waals surface area contributed by atoms with Gasteiger partial charge in [0.1, 0.15) is 23.6 Å². The number of carbonyl (C=O) groups is 3. The molecule has 16 heteroatoms. The van der Waals surface area contributed by atoms with E-state index in [1.165, 1.54) is 28.8 Å². The minimum absolute atomic E-state index is 0.00231. The molecule has 3 aliphatic heterocycles. The highest BCUT2D eigenvalue weighted by atomic mass is 32.2. The molecule has 4 heterocycles. The highest BCUT2D eigenvalue weighted by Crippen LogP contribution is 2.42. The number of ether oxygens (including phenoxy) is 2. The quantitative estimate of drug-likeness (QED) is 0.199. The number of imide groups is 1. The van der Waals surface area contributed by atoms with E-state index in [-0.39, 0.29) is 55.5 Å². The number of amides is 4. The number of thioether (sulfide) groups is 1. The SMILES string of the molecule is CSc1ccccc1Oc1ccc(-c2noc(CN3C(=O)N(CCC4CCOCC4)C4(CCN(C(=O)O)CC4)C3=O)n2)cc1C(F)(F)F. The molecule has 0 unspecified atom stereocenters. The Labute approximate surface area is 278 Å². The van der Waals surface area contributed by atoms with Crippen molar-refractivity contribution in [2.45, 2.75) is 55.3 Å². The number of urea groups is 1. The standard InChI is InChI=1S/C32H34F3N5O7S/c1-48-25-5-3-2-4-24(25)46-23-7-6-21(18-22(23)32(33,34)35)27-36-26(47-37-27)19-39-28(41)31(11-14-38(15-12-31)30(43)44)40(29(39)42)13-8-20-9-16-45-17-10-20/h2-7,18,20H,8-17,19H2,1H3,(H,43,44). The second kappa shape index (κ2) is 13.7. The molecule has 0 atom stereocenters. The number of para-hydroxylation sites is 1. The second-order valence-electron chi connectivity index (χ2n) is 11.9. The van der Waals surface area contributed by atoms with E-state index in [2.05, 4.69) is 10.1 Å². The van der Waals surface area contributed by atoms with Gasteiger partial charge in [0, 0.05) is 43.3 Å². The number of carboxylic acid groups (broad SMARTS) is 1. The summed E-state index contributed by atoms with van der Waals surface area (Å²) in [6.45, 7) is 1.36. The lowest BCUT2D eigenvalue weighted by atomic mass is 9.85. The third kappa shape index (κ3) is 6.67. The molecule has 2 aromatic carbocycles. The Hall–Kier alpha value is -4.31. The maximum atomic E-state index is 14.2. The zero-order valence-corrected chi connectivity index (χ0v) is 26.9. The Kier molecular flexibility index (Phi) is 9.56. The van der Waals surface area contributed by atoms with Gasteiger partial charge >= 0.3 is 18.3 Å². The van der Waals surface area contributed by atoms with Gasteiger partial charge in [0.05, 0.1) is 5.56 Å². The highest BCUT2D eigenvalue weighted by molar-refractivity contribution is 7.98. The molecule has 3 fully saturated rings. The van der Waals surface area contributed by atoms with Crippen molar-refractivity contribution in [2.24, 2.45) is 5.92 Å². The fraction of sp³-hybridized carbons (Fsp3) is 0.469. The monoisotopic (exact) mass is 689 g/mol. The van der Waals surface area contributed by atoms with E-state index in [1.54, 1.807) is 35.4 Å². The Morgan fingerprint density at radius 1 is 1.10 bits per heavy atom. The Morgan fingerprint density at radius 2 is 1.83 bits per heavy atom. The first-order valence-corrected chi connectivity index (χ1v) is 16.8. The van der Waals surface area contributed by atoms with Gasteiger partial charge in [0.2, 0.25) is 11.7 Å². The Balaban J connectivity index is 1.22. The van der Waals surface area contributed by atoms with Crippen molar-refractivity contribution < 1.29 is 46.7 Å². The number of aromatic nitrogens is 2. The summed E-state index contributed by atoms with van der Waals surface area (Å²) in [5, 5.41) is 13.3. The minimum Gasteiger partial charge on any atom is -0.465 e. The van der Waals surface area contributed by atoms with E-state index in [0.717, 1.165) is 23.8 Å². The van der Waals surface area contributed by atoms with E-state index >= 15 is 0 Å². The summed E-state index contributed by atoms with van der Waals surface area (Å²) in [6, 6.07) is 9.61. The zero-order chi connectivity index (χ0) is 34.1. The summed E-state index contributed by atoms with van der Waals surface area (Å²) < 4.78 is 59.0. The Morgan fingerprint density at radius 3 is 2.52 bits per heavy atom. The molecule has 6 rings (SSSR count). The van der Waals surface area contributed by atoms with Gasteiger partial charge in [-0.15, -0.1) is 11.8 Å². The van der Waals surface area contributed by atoms with Crippen LogP contribution in [0.1, 0.15) is 43.6 Å². The fourth-order valence-electron chi connectivity index (χ4n) is 6.50. The number of piperidine rings is 1. The number of carbonyl (C=O) groups excluding carboxylic acids is 2. The fourth-order valence-corrected chi connectivity index (χ4v) is 7.03. The largest absolute Gasteiger partial charge is 0.465 e. The molecule has 0 saturated carbocycles. The summed E-state index contributed by atoms with van der Waals surface area (Å²) in [6.07, 6.45) is -1.44. The molecule has 1 aromatic heterocycles. The number of benzene rings is 2. The predicted octanol–water partition coefficient (Wildman–Crippen LogP) is 6.36. The summed E-state index contributed by atoms with van der Waals surface area (Å²) in [4.78, 5) is 48.0. The molecule has 3 aromatic rings. The van der Waals surface area contributed by atoms with Gasteiger partial charge < -0.3 is 28.9 Å². The molecular formula is C32H34F3N5O7S. The first-order valence-electron chi connectivity index (χ1n) is 15.5. The number of rotatable bonds is 9. The van der Waals surface area contributed by atoms with E-state index < -0.39 is 41.1 Å². The number of nitrogens with zero attached hydrogens (tertiary/aromatic N) is 5. The molecule has 0 radical (unpaired) electrons. The van der Waals surface area contributed by atoms with Crippen LogP contribution in [0, 0.1) is 5.92 Å². The normalized spacial score (nSPS) is 18.6. The van der Waals surface area contributed by atoms with E-state index in [0.29, 0.717) is 37.0 Å². The lowest BCUT2D eigenvalue weighted by Crippen LogP contribution is -2.57. The summed E-state index contributed by atoms with van der Waals surface area (Å²) in [7, 11) is 0. The Bertz CT molecular complexity index is 1670. The van der Waals surface area contributed by atoms with Crippen molar-refractivity contribution in [2.75, 3.05) is 39.1 Å². The average molecular weight is 690 g/mol. The number of halogens is 3. The molecule has 3 saturated heterocycles. The van der Waals surface area contributed by atoms with Crippen LogP contribution < -0.4 is 4.74 Å². The third-order valence-electron chi connectivity index (χ3n) is 9.18. The first kappa shape index (κ1) is 33.6. The van der Waals surface area contributed by atoms with Crippen LogP contribution in [-0.2, 0) is 22.3 Å². The molecule has 48 heavy (non-hydrogen) atoms. The third-order valence-corrected chi connectivity index (χ3v) is 9.96. The van der Waals surface area contributed by atoms with E-state index in [4.69, 9.17) is 14.0 Å². The topological polar surface area (TPSA) is 139 Å². The van der Waals surface area contributed by atoms with Crippen molar-refractivity contribution in [1.29, 1.82) is 0 Å². The number of alkyl halides is 3. The van der Waals surface area contributed by atoms with Crippen LogP contribution in [0.5, 0.6) is 11.5 Å². The van der Waals surface area contributed by atoms with Gasteiger partial charge in [-0.1, -0.05) is 17.3 Å². The molecule has 12 nitrogen and oxygen atoms in total. The van der Waals surface area contributed by atoms with Gasteiger partial charge in [-0.2, -0.15) is 18.2 Å². The number of hydrogen-bond donors (Lipinski definition) is 1. The van der Waals surface area contributed by atoms with E-state index in [1.807, 2.05) is 0 Å². The summed E-state index contributed by atoms with van der Waals surface area (Å²) in [5.74, 6) is -0.590. The first-order chi connectivity index (χ1) is 23.0. The molecule has 0 bridgehead atoms. The summed E-state index contributed by atoms with van der Waals surface area (Å²) in [5.41, 5.74) is -2.26. The van der Waals surface area contributed by atoms with Crippen LogP contribution in [0.25, 0.3) is 11.4 Å². The molecule has 1 N–H and O–H groups in total. The van der Waals surface area contributed by atoms with Crippen LogP contribution in [0.15, 0.2) is 51.9 Å². The molecular weight excluding hydrogens is 655 g/mol.